The molecule has 0 aliphatic heterocycles. The number of nitro benzene ring substituents is 1. The molecule has 0 spiro atoms. The monoisotopic (exact) mass is 505 g/mol. The Bertz CT molecular complexity index is 1140. The summed E-state index contributed by atoms with van der Waals surface area (Å²) in [5.74, 6) is -0.806. The van der Waals surface area contributed by atoms with E-state index in [0.29, 0.717) is 20.0 Å². The van der Waals surface area contributed by atoms with Gasteiger partial charge in [-0.15, -0.1) is 0 Å². The Morgan fingerprint density at radius 1 is 1.17 bits per heavy atom. The van der Waals surface area contributed by atoms with Crippen molar-refractivity contribution in [1.82, 2.24) is 5.43 Å². The van der Waals surface area contributed by atoms with Crippen LogP contribution in [0.5, 0.6) is 5.75 Å². The van der Waals surface area contributed by atoms with Gasteiger partial charge >= 0.3 is 0 Å². The van der Waals surface area contributed by atoms with E-state index in [2.05, 4.69) is 26.5 Å². The Morgan fingerprint density at radius 2 is 1.90 bits per heavy atom. The molecule has 0 aliphatic rings. The van der Waals surface area contributed by atoms with Gasteiger partial charge in [-0.2, -0.15) is 5.10 Å². The highest BCUT2D eigenvalue weighted by Gasteiger charge is 2.16. The molecule has 0 bridgehead atoms. The van der Waals surface area contributed by atoms with Crippen LogP contribution >= 0.6 is 39.3 Å². The fourth-order valence-electron chi connectivity index (χ4n) is 2.39. The standard InChI is InChI=1S/C20H13BrClN3O4S/c21-13-2-7-18(26)16(10-13)20(27)24-23-11-12-1-8-19(17(9-12)25(28)29)30-15-5-3-14(22)4-6-15/h1-11,26H,(H,24,27). The van der Waals surface area contributed by atoms with Gasteiger partial charge in [0, 0.05) is 26.0 Å². The number of halogens is 2. The third-order valence-corrected chi connectivity index (χ3v) is 5.62. The van der Waals surface area contributed by atoms with Crippen LogP contribution in [0.25, 0.3) is 0 Å². The number of nitro groups is 1. The summed E-state index contributed by atoms with van der Waals surface area (Å²) in [7, 11) is 0. The molecule has 10 heteroatoms. The van der Waals surface area contributed by atoms with Crippen LogP contribution in [0, 0.1) is 10.1 Å². The number of carbonyl (C=O) groups is 1. The first-order valence-electron chi connectivity index (χ1n) is 8.37. The zero-order chi connectivity index (χ0) is 21.7. The summed E-state index contributed by atoms with van der Waals surface area (Å²) >= 11 is 10.3. The van der Waals surface area contributed by atoms with Gasteiger partial charge in [0.15, 0.2) is 0 Å². The molecule has 30 heavy (non-hydrogen) atoms. The quantitative estimate of drug-likeness (QED) is 0.256. The minimum Gasteiger partial charge on any atom is -0.507 e. The van der Waals surface area contributed by atoms with Crippen molar-refractivity contribution < 1.29 is 14.8 Å². The Hall–Kier alpha value is -2.88. The van der Waals surface area contributed by atoms with E-state index in [0.717, 1.165) is 4.90 Å². The summed E-state index contributed by atoms with van der Waals surface area (Å²) in [4.78, 5) is 24.4. The van der Waals surface area contributed by atoms with Gasteiger partial charge in [0.1, 0.15) is 5.75 Å². The molecule has 7 nitrogen and oxygen atoms in total. The van der Waals surface area contributed by atoms with Gasteiger partial charge in [-0.3, -0.25) is 14.9 Å². The van der Waals surface area contributed by atoms with Crippen LogP contribution in [0.2, 0.25) is 5.02 Å². The molecule has 0 fully saturated rings. The normalized spacial score (nSPS) is 10.9. The molecule has 3 aromatic carbocycles. The van der Waals surface area contributed by atoms with Crippen molar-refractivity contribution in [1.29, 1.82) is 0 Å². The van der Waals surface area contributed by atoms with Gasteiger partial charge < -0.3 is 5.11 Å². The molecule has 0 atom stereocenters. The van der Waals surface area contributed by atoms with E-state index in [-0.39, 0.29) is 17.0 Å². The summed E-state index contributed by atoms with van der Waals surface area (Å²) in [6, 6.07) is 16.0. The topological polar surface area (TPSA) is 105 Å². The SMILES string of the molecule is O=C(NN=Cc1ccc(Sc2ccc(Cl)cc2)c([N+](=O)[O-])c1)c1cc(Br)ccc1O. The van der Waals surface area contributed by atoms with Crippen molar-refractivity contribution in [2.75, 3.05) is 0 Å². The van der Waals surface area contributed by atoms with Crippen LogP contribution in [0.4, 0.5) is 5.69 Å². The predicted molar refractivity (Wildman–Crippen MR) is 120 cm³/mol. The van der Waals surface area contributed by atoms with E-state index in [9.17, 15) is 20.0 Å². The average Bonchev–Trinajstić information content (AvgIpc) is 2.72. The number of hydrogen-bond acceptors (Lipinski definition) is 6. The van der Waals surface area contributed by atoms with Crippen molar-refractivity contribution in [2.24, 2.45) is 5.10 Å². The van der Waals surface area contributed by atoms with Gasteiger partial charge in [0.05, 0.1) is 21.6 Å². The van der Waals surface area contributed by atoms with E-state index in [1.807, 2.05) is 0 Å². The van der Waals surface area contributed by atoms with Crippen LogP contribution < -0.4 is 5.43 Å². The lowest BCUT2D eigenvalue weighted by molar-refractivity contribution is -0.387. The first kappa shape index (κ1) is 21.8. The number of phenols is 1. The second-order valence-corrected chi connectivity index (χ2v) is 8.37. The molecule has 1 amide bonds. The Kier molecular flexibility index (Phi) is 7.09. The van der Waals surface area contributed by atoms with Gasteiger partial charge in [-0.25, -0.2) is 5.43 Å². The van der Waals surface area contributed by atoms with E-state index in [4.69, 9.17) is 11.6 Å². The van der Waals surface area contributed by atoms with Gasteiger partial charge in [0.25, 0.3) is 11.6 Å². The van der Waals surface area contributed by atoms with Crippen molar-refractivity contribution in [3.63, 3.8) is 0 Å². The number of carbonyl (C=O) groups excluding carboxylic acids is 1. The number of hydrogen-bond donors (Lipinski definition) is 2. The minimum atomic E-state index is -0.616. The maximum Gasteiger partial charge on any atom is 0.283 e. The molecule has 3 aromatic rings. The molecule has 2 N–H and O–H groups in total. The number of amides is 1. The minimum absolute atomic E-state index is 0.0437. The Morgan fingerprint density at radius 3 is 2.60 bits per heavy atom. The lowest BCUT2D eigenvalue weighted by Gasteiger charge is -2.05. The number of aromatic hydroxyl groups is 1. The second-order valence-electron chi connectivity index (χ2n) is 5.90. The number of benzene rings is 3. The third-order valence-electron chi connectivity index (χ3n) is 3.80. The van der Waals surface area contributed by atoms with Crippen molar-refractivity contribution >= 4 is 57.1 Å². The second kappa shape index (κ2) is 9.75. The zero-order valence-electron chi connectivity index (χ0n) is 15.1. The molecule has 0 saturated heterocycles. The average molecular weight is 507 g/mol. The third kappa shape index (κ3) is 5.59. The molecule has 3 rings (SSSR count). The Labute approximate surface area is 189 Å². The number of hydrazone groups is 1. The maximum absolute atomic E-state index is 12.1. The van der Waals surface area contributed by atoms with Crippen LogP contribution in [-0.2, 0) is 0 Å². The molecule has 0 unspecified atom stereocenters. The molecular formula is C20H13BrClN3O4S. The highest BCUT2D eigenvalue weighted by Crippen LogP contribution is 2.35. The number of nitrogens with one attached hydrogen (secondary N) is 1. The van der Waals surface area contributed by atoms with Crippen molar-refractivity contribution in [3.05, 3.63) is 91.4 Å². The first-order chi connectivity index (χ1) is 14.3. The van der Waals surface area contributed by atoms with Crippen LogP contribution in [0.15, 0.2) is 80.0 Å². The molecule has 0 radical (unpaired) electrons. The van der Waals surface area contributed by atoms with E-state index in [1.54, 1.807) is 42.5 Å². The lowest BCUT2D eigenvalue weighted by Crippen LogP contribution is -2.17. The predicted octanol–water partition coefficient (Wildman–Crippen LogP) is 5.63. The van der Waals surface area contributed by atoms with Crippen molar-refractivity contribution in [3.8, 4) is 5.75 Å². The highest BCUT2D eigenvalue weighted by atomic mass is 79.9. The summed E-state index contributed by atoms with van der Waals surface area (Å²) in [5.41, 5.74) is 2.67. The smallest absolute Gasteiger partial charge is 0.283 e. The summed E-state index contributed by atoms with van der Waals surface area (Å²) in [5, 5.41) is 25.6. The fraction of sp³-hybridized carbons (Fsp3) is 0. The summed E-state index contributed by atoms with van der Waals surface area (Å²) in [6.45, 7) is 0. The molecule has 0 saturated carbocycles. The zero-order valence-corrected chi connectivity index (χ0v) is 18.2. The van der Waals surface area contributed by atoms with E-state index >= 15 is 0 Å². The van der Waals surface area contributed by atoms with Gasteiger partial charge in [-0.05, 0) is 48.5 Å². The van der Waals surface area contributed by atoms with Gasteiger partial charge in [0.2, 0.25) is 0 Å². The largest absolute Gasteiger partial charge is 0.507 e. The lowest BCUT2D eigenvalue weighted by atomic mass is 10.2. The number of rotatable bonds is 6. The Balaban J connectivity index is 1.75. The molecule has 0 aromatic heterocycles. The fourth-order valence-corrected chi connectivity index (χ4v) is 3.78. The highest BCUT2D eigenvalue weighted by molar-refractivity contribution is 9.10. The van der Waals surface area contributed by atoms with Crippen molar-refractivity contribution in [2.45, 2.75) is 9.79 Å². The number of phenolic OH excluding ortho intramolecular Hbond substituents is 1. The van der Waals surface area contributed by atoms with Gasteiger partial charge in [-0.1, -0.05) is 45.4 Å². The van der Waals surface area contributed by atoms with Crippen LogP contribution in [-0.4, -0.2) is 22.2 Å². The molecular weight excluding hydrogens is 494 g/mol. The maximum atomic E-state index is 12.1. The summed E-state index contributed by atoms with van der Waals surface area (Å²) in [6.07, 6.45) is 1.29. The molecule has 0 aliphatic carbocycles. The van der Waals surface area contributed by atoms with E-state index in [1.165, 1.54) is 36.2 Å². The number of nitrogens with zero attached hydrogens (tertiary/aromatic N) is 2. The molecule has 0 heterocycles. The summed E-state index contributed by atoms with van der Waals surface area (Å²) < 4.78 is 0.624. The first-order valence-corrected chi connectivity index (χ1v) is 10.4. The van der Waals surface area contributed by atoms with E-state index < -0.39 is 10.8 Å². The molecule has 152 valence electrons. The van der Waals surface area contributed by atoms with Crippen LogP contribution in [0.3, 0.4) is 0 Å². The van der Waals surface area contributed by atoms with Crippen LogP contribution in [0.1, 0.15) is 15.9 Å².